The second kappa shape index (κ2) is 7.94. The van der Waals surface area contributed by atoms with Crippen molar-refractivity contribution in [2.45, 2.75) is 13.0 Å². The molecule has 3 aromatic heterocycles. The normalized spacial score (nSPS) is 12.2. The van der Waals surface area contributed by atoms with Gasteiger partial charge in [0.25, 0.3) is 5.56 Å². The zero-order valence-electron chi connectivity index (χ0n) is 17.0. The maximum Gasteiger partial charge on any atom is 0.264 e. The van der Waals surface area contributed by atoms with Crippen molar-refractivity contribution < 1.29 is 0 Å². The van der Waals surface area contributed by atoms with Gasteiger partial charge in [-0.05, 0) is 36.6 Å². The van der Waals surface area contributed by atoms with Gasteiger partial charge in [0.15, 0.2) is 5.43 Å². The van der Waals surface area contributed by atoms with Gasteiger partial charge in [0.2, 0.25) is 0 Å². The topological polar surface area (TPSA) is 92.7 Å². The van der Waals surface area contributed by atoms with Gasteiger partial charge in [-0.2, -0.15) is 0 Å². The smallest absolute Gasteiger partial charge is 0.264 e. The Morgan fingerprint density at radius 1 is 1.00 bits per heavy atom. The Labute approximate surface area is 187 Å². The van der Waals surface area contributed by atoms with Crippen LogP contribution in [0.25, 0.3) is 27.5 Å². The molecule has 1 unspecified atom stereocenters. The van der Waals surface area contributed by atoms with Crippen molar-refractivity contribution in [1.29, 1.82) is 0 Å². The molecule has 158 valence electrons. The first-order valence-corrected chi connectivity index (χ1v) is 10.4. The van der Waals surface area contributed by atoms with Crippen LogP contribution in [0.15, 0.2) is 82.8 Å². The molecule has 0 aliphatic heterocycles. The molecular weight excluding hydrogens is 426 g/mol. The molecule has 2 N–H and O–H groups in total. The average molecular weight is 444 g/mol. The summed E-state index contributed by atoms with van der Waals surface area (Å²) in [5.74, 6) is 0.391. The van der Waals surface area contributed by atoms with Crippen LogP contribution < -0.4 is 16.3 Å². The number of nitrogens with one attached hydrogen (secondary N) is 2. The summed E-state index contributed by atoms with van der Waals surface area (Å²) in [6.45, 7) is 1.91. The van der Waals surface area contributed by atoms with Crippen molar-refractivity contribution >= 4 is 39.2 Å². The Kier molecular flexibility index (Phi) is 4.95. The molecule has 0 saturated carbocycles. The Hall–Kier alpha value is -3.97. The second-order valence-corrected chi connectivity index (χ2v) is 7.81. The van der Waals surface area contributed by atoms with Gasteiger partial charge in [0, 0.05) is 23.6 Å². The predicted molar refractivity (Wildman–Crippen MR) is 127 cm³/mol. The van der Waals surface area contributed by atoms with Crippen LogP contribution in [0.1, 0.15) is 18.7 Å². The summed E-state index contributed by atoms with van der Waals surface area (Å²) in [5.41, 5.74) is 1.45. The minimum atomic E-state index is -0.371. The zero-order chi connectivity index (χ0) is 22.2. The predicted octanol–water partition coefficient (Wildman–Crippen LogP) is 4.45. The lowest BCUT2D eigenvalue weighted by Gasteiger charge is -2.22. The molecular formula is C24H18ClN5O2. The Bertz CT molecular complexity index is 1570. The van der Waals surface area contributed by atoms with E-state index in [9.17, 15) is 9.59 Å². The van der Waals surface area contributed by atoms with E-state index in [1.165, 1.54) is 12.4 Å². The first-order valence-electron chi connectivity index (χ1n) is 10.0. The van der Waals surface area contributed by atoms with Gasteiger partial charge in [0.1, 0.15) is 23.2 Å². The molecule has 32 heavy (non-hydrogen) atoms. The van der Waals surface area contributed by atoms with Crippen LogP contribution in [0.4, 0.5) is 5.82 Å². The first kappa shape index (κ1) is 20.0. The van der Waals surface area contributed by atoms with Crippen molar-refractivity contribution in [3.05, 3.63) is 104 Å². The summed E-state index contributed by atoms with van der Waals surface area (Å²) in [7, 11) is 0. The highest BCUT2D eigenvalue weighted by atomic mass is 35.5. The molecule has 5 rings (SSSR count). The number of aromatic nitrogens is 4. The number of fused-ring (bicyclic) bond motifs is 2. The van der Waals surface area contributed by atoms with Crippen LogP contribution in [0, 0.1) is 0 Å². The average Bonchev–Trinajstić information content (AvgIpc) is 2.79. The number of halogens is 1. The van der Waals surface area contributed by atoms with E-state index in [0.29, 0.717) is 38.6 Å². The summed E-state index contributed by atoms with van der Waals surface area (Å²) in [6.07, 6.45) is 2.93. The van der Waals surface area contributed by atoms with Crippen molar-refractivity contribution in [3.8, 4) is 5.69 Å². The molecule has 7 nitrogen and oxygen atoms in total. The van der Waals surface area contributed by atoms with Crippen LogP contribution >= 0.6 is 11.6 Å². The van der Waals surface area contributed by atoms with Gasteiger partial charge in [-0.1, -0.05) is 41.9 Å². The molecule has 1 atom stereocenters. The molecule has 5 aromatic rings. The maximum absolute atomic E-state index is 13.6. The van der Waals surface area contributed by atoms with Gasteiger partial charge < -0.3 is 10.3 Å². The number of anilines is 1. The number of benzene rings is 2. The lowest BCUT2D eigenvalue weighted by molar-refractivity contribution is 0.774. The fourth-order valence-electron chi connectivity index (χ4n) is 3.90. The number of hydrogen-bond acceptors (Lipinski definition) is 5. The highest BCUT2D eigenvalue weighted by molar-refractivity contribution is 6.35. The lowest BCUT2D eigenvalue weighted by atomic mass is 10.1. The van der Waals surface area contributed by atoms with E-state index in [-0.39, 0.29) is 17.0 Å². The van der Waals surface area contributed by atoms with E-state index in [1.54, 1.807) is 16.8 Å². The Balaban J connectivity index is 1.72. The van der Waals surface area contributed by atoms with Gasteiger partial charge >= 0.3 is 0 Å². The molecule has 0 amide bonds. The van der Waals surface area contributed by atoms with Gasteiger partial charge in [-0.15, -0.1) is 0 Å². The SMILES string of the molecule is CC(Nc1ncnc2[nH]ccc(=O)c12)c1cc2cccc(Cl)c2c(=O)n1-c1ccccc1. The van der Waals surface area contributed by atoms with Crippen LogP contribution in [-0.4, -0.2) is 19.5 Å². The second-order valence-electron chi connectivity index (χ2n) is 7.40. The van der Waals surface area contributed by atoms with Crippen molar-refractivity contribution in [2.24, 2.45) is 0 Å². The van der Waals surface area contributed by atoms with E-state index in [0.717, 1.165) is 5.39 Å². The minimum Gasteiger partial charge on any atom is -0.361 e. The lowest BCUT2D eigenvalue weighted by Crippen LogP contribution is -2.26. The van der Waals surface area contributed by atoms with E-state index < -0.39 is 0 Å². The minimum absolute atomic E-state index is 0.195. The summed E-state index contributed by atoms with van der Waals surface area (Å²) >= 11 is 6.38. The fraction of sp³-hybridized carbons (Fsp3) is 0.0833. The zero-order valence-corrected chi connectivity index (χ0v) is 17.8. The van der Waals surface area contributed by atoms with Crippen molar-refractivity contribution in [1.82, 2.24) is 19.5 Å². The third-order valence-electron chi connectivity index (χ3n) is 5.38. The maximum atomic E-state index is 13.6. The summed E-state index contributed by atoms with van der Waals surface area (Å²) in [6, 6.07) is 17.7. The molecule has 0 aliphatic rings. The Morgan fingerprint density at radius 2 is 1.81 bits per heavy atom. The van der Waals surface area contributed by atoms with Crippen LogP contribution in [0.5, 0.6) is 0 Å². The van der Waals surface area contributed by atoms with Crippen LogP contribution in [0.2, 0.25) is 5.02 Å². The number of hydrogen-bond donors (Lipinski definition) is 2. The van der Waals surface area contributed by atoms with Crippen LogP contribution in [-0.2, 0) is 0 Å². The number of rotatable bonds is 4. The third kappa shape index (κ3) is 3.33. The number of H-pyrrole nitrogens is 1. The number of aromatic amines is 1. The third-order valence-corrected chi connectivity index (χ3v) is 5.70. The summed E-state index contributed by atoms with van der Waals surface area (Å²) < 4.78 is 1.64. The van der Waals surface area contributed by atoms with Gasteiger partial charge in [-0.25, -0.2) is 9.97 Å². The van der Waals surface area contributed by atoms with Crippen molar-refractivity contribution in [3.63, 3.8) is 0 Å². The fourth-order valence-corrected chi connectivity index (χ4v) is 4.16. The molecule has 0 spiro atoms. The highest BCUT2D eigenvalue weighted by Gasteiger charge is 2.19. The largest absolute Gasteiger partial charge is 0.361 e. The standard InChI is InChI=1S/C24H18ClN5O2/c1-14(29-23-21-19(31)10-11-26-22(21)27-13-28-23)18-12-15-6-5-9-17(25)20(15)24(32)30(18)16-7-3-2-4-8-16/h2-14H,1H3,(H2,26,27,28,29,31). The van der Waals surface area contributed by atoms with E-state index in [1.807, 2.05) is 55.5 Å². The molecule has 2 aromatic carbocycles. The van der Waals surface area contributed by atoms with E-state index in [4.69, 9.17) is 11.6 Å². The molecule has 0 bridgehead atoms. The highest BCUT2D eigenvalue weighted by Crippen LogP contribution is 2.27. The van der Waals surface area contributed by atoms with E-state index >= 15 is 0 Å². The summed E-state index contributed by atoms with van der Waals surface area (Å²) in [5, 5.41) is 5.25. The van der Waals surface area contributed by atoms with Crippen molar-refractivity contribution in [2.75, 3.05) is 5.32 Å². The molecule has 3 heterocycles. The molecule has 0 saturated heterocycles. The van der Waals surface area contributed by atoms with Crippen LogP contribution in [0.3, 0.4) is 0 Å². The number of nitrogens with zero attached hydrogens (tertiary/aromatic N) is 3. The van der Waals surface area contributed by atoms with Gasteiger partial charge in [-0.3, -0.25) is 14.2 Å². The Morgan fingerprint density at radius 3 is 2.62 bits per heavy atom. The quantitative estimate of drug-likeness (QED) is 0.428. The summed E-state index contributed by atoms with van der Waals surface area (Å²) in [4.78, 5) is 37.4. The number of para-hydroxylation sites is 1. The molecule has 8 heteroatoms. The van der Waals surface area contributed by atoms with Gasteiger partial charge in [0.05, 0.1) is 16.5 Å². The molecule has 0 fully saturated rings. The monoisotopic (exact) mass is 443 g/mol. The molecule has 0 aliphatic carbocycles. The molecule has 0 radical (unpaired) electrons. The van der Waals surface area contributed by atoms with E-state index in [2.05, 4.69) is 20.3 Å². The first-order chi connectivity index (χ1) is 15.5. The number of pyridine rings is 2.